The van der Waals surface area contributed by atoms with E-state index in [0.29, 0.717) is 21.5 Å². The largest absolute Gasteiger partial charge is 0.478 e. The van der Waals surface area contributed by atoms with Crippen LogP contribution in [-0.4, -0.2) is 44.3 Å². The summed E-state index contributed by atoms with van der Waals surface area (Å²) in [6.45, 7) is 0. The second-order valence-corrected chi connectivity index (χ2v) is 8.73. The summed E-state index contributed by atoms with van der Waals surface area (Å²) in [6.07, 6.45) is 0. The molecule has 0 unspecified atom stereocenters. The highest BCUT2D eigenvalue weighted by Crippen LogP contribution is 2.50. The minimum Gasteiger partial charge on any atom is -0.478 e. The number of carboxylic acids is 4. The van der Waals surface area contributed by atoms with Crippen LogP contribution in [0.4, 0.5) is 0 Å². The highest BCUT2D eigenvalue weighted by Gasteiger charge is 2.35. The molecule has 0 atom stereocenters. The predicted molar refractivity (Wildman–Crippen MR) is 128 cm³/mol. The van der Waals surface area contributed by atoms with Gasteiger partial charge in [-0.2, -0.15) is 0 Å². The highest BCUT2D eigenvalue weighted by molar-refractivity contribution is 9.10. The van der Waals surface area contributed by atoms with Crippen LogP contribution < -0.4 is 0 Å². The topological polar surface area (TPSA) is 149 Å². The van der Waals surface area contributed by atoms with Gasteiger partial charge in [-0.3, -0.25) is 0 Å². The van der Waals surface area contributed by atoms with Crippen molar-refractivity contribution in [3.63, 3.8) is 0 Å². The Kier molecular flexibility index (Phi) is 4.68. The van der Waals surface area contributed by atoms with E-state index in [2.05, 4.69) is 15.9 Å². The second-order valence-electron chi connectivity index (χ2n) is 7.56. The molecule has 0 aliphatic rings. The van der Waals surface area contributed by atoms with Gasteiger partial charge in [0, 0.05) is 21.5 Å². The lowest BCUT2D eigenvalue weighted by molar-refractivity contribution is 0.0635. The molecule has 0 amide bonds. The molecule has 0 aliphatic heterocycles. The van der Waals surface area contributed by atoms with Crippen molar-refractivity contribution in [1.29, 1.82) is 0 Å². The Morgan fingerprint density at radius 1 is 0.588 bits per heavy atom. The molecular weight excluding hydrogens is 532 g/mol. The Balaban J connectivity index is 2.40. The fourth-order valence-electron chi connectivity index (χ4n) is 4.81. The van der Waals surface area contributed by atoms with Crippen LogP contribution in [0.1, 0.15) is 41.4 Å². The molecule has 0 aromatic heterocycles. The molecule has 168 valence electrons. The van der Waals surface area contributed by atoms with Crippen LogP contribution in [0, 0.1) is 0 Å². The van der Waals surface area contributed by atoms with Gasteiger partial charge in [0.05, 0.1) is 31.7 Å². The lowest BCUT2D eigenvalue weighted by atomic mass is 9.81. The monoisotopic (exact) mass is 540 g/mol. The van der Waals surface area contributed by atoms with Gasteiger partial charge in [0.25, 0.3) is 0 Å². The number of hydrogen-bond acceptors (Lipinski definition) is 4. The van der Waals surface area contributed by atoms with Crippen LogP contribution in [0.15, 0.2) is 40.9 Å². The third-order valence-electron chi connectivity index (χ3n) is 5.93. The Labute approximate surface area is 202 Å². The first-order chi connectivity index (χ1) is 16.1. The van der Waals surface area contributed by atoms with Crippen molar-refractivity contribution < 1.29 is 39.6 Å². The molecule has 0 saturated heterocycles. The third kappa shape index (κ3) is 2.65. The van der Waals surface area contributed by atoms with Crippen molar-refractivity contribution >= 4 is 94.5 Å². The molecule has 4 N–H and O–H groups in total. The lowest BCUT2D eigenvalue weighted by Crippen LogP contribution is -2.18. The summed E-state index contributed by atoms with van der Waals surface area (Å²) in [5.41, 5.74) is -3.28. The van der Waals surface area contributed by atoms with Gasteiger partial charge in [-0.25, -0.2) is 19.2 Å². The van der Waals surface area contributed by atoms with Gasteiger partial charge in [-0.15, -0.1) is 0 Å². The van der Waals surface area contributed by atoms with Crippen LogP contribution in [0.3, 0.4) is 0 Å². The molecule has 0 fully saturated rings. The lowest BCUT2D eigenvalue weighted by Gasteiger charge is -2.22. The van der Waals surface area contributed by atoms with Gasteiger partial charge >= 0.3 is 23.9 Å². The minimum atomic E-state index is -1.82. The number of halogens is 2. The van der Waals surface area contributed by atoms with Gasteiger partial charge in [-0.1, -0.05) is 48.0 Å². The number of benzene rings is 5. The van der Waals surface area contributed by atoms with Crippen molar-refractivity contribution in [2.45, 2.75) is 0 Å². The molecule has 0 heterocycles. The first-order valence-electron chi connectivity index (χ1n) is 9.58. The third-order valence-corrected chi connectivity index (χ3v) is 7.33. The number of hydrogen-bond donors (Lipinski definition) is 4. The second kappa shape index (κ2) is 7.28. The summed E-state index contributed by atoms with van der Waals surface area (Å²) in [6, 6.07) is 10.2. The minimum absolute atomic E-state index is 0.0448. The van der Waals surface area contributed by atoms with E-state index in [4.69, 9.17) is 11.6 Å². The van der Waals surface area contributed by atoms with Crippen LogP contribution >= 0.6 is 27.5 Å². The van der Waals surface area contributed by atoms with Gasteiger partial charge in [0.15, 0.2) is 0 Å². The van der Waals surface area contributed by atoms with Crippen LogP contribution in [0.5, 0.6) is 0 Å². The first kappa shape index (κ1) is 21.9. The number of aromatic carboxylic acids is 4. The highest BCUT2D eigenvalue weighted by atomic mass is 79.9. The molecule has 8 nitrogen and oxygen atoms in total. The maximum absolute atomic E-state index is 12.4. The van der Waals surface area contributed by atoms with Crippen LogP contribution in [0.2, 0.25) is 5.02 Å². The summed E-state index contributed by atoms with van der Waals surface area (Å²) in [4.78, 5) is 49.4. The van der Waals surface area contributed by atoms with Crippen LogP contribution in [0.25, 0.3) is 43.1 Å². The maximum atomic E-state index is 12.4. The molecule has 0 saturated carbocycles. The summed E-state index contributed by atoms with van der Waals surface area (Å²) >= 11 is 9.78. The molecule has 5 aromatic carbocycles. The fraction of sp³-hybridized carbons (Fsp3) is 0. The van der Waals surface area contributed by atoms with E-state index in [1.165, 1.54) is 0 Å². The standard InChI is InChI=1S/C24H10BrClO8/c25-19-18(24(33)34)14-13-11(15(21(27)28)17(23(31)32)16(14)22(29)30)8-5-1-3-7-4-2-6-9(10(7)8)12(13)20(19)26/h1-6H,(H,27,28)(H,29,30)(H,31,32)(H,33,34). The summed E-state index contributed by atoms with van der Waals surface area (Å²) in [7, 11) is 0. The number of rotatable bonds is 4. The van der Waals surface area contributed by atoms with Crippen molar-refractivity contribution in [2.24, 2.45) is 0 Å². The van der Waals surface area contributed by atoms with Crippen molar-refractivity contribution in [3.8, 4) is 0 Å². The Morgan fingerprint density at radius 3 is 1.56 bits per heavy atom. The van der Waals surface area contributed by atoms with Crippen molar-refractivity contribution in [2.75, 3.05) is 0 Å². The molecule has 0 spiro atoms. The molecule has 0 radical (unpaired) electrons. The van der Waals surface area contributed by atoms with Gasteiger partial charge in [0.1, 0.15) is 0 Å². The van der Waals surface area contributed by atoms with Crippen molar-refractivity contribution in [3.05, 3.63) is 68.1 Å². The van der Waals surface area contributed by atoms with E-state index in [1.54, 1.807) is 36.4 Å². The van der Waals surface area contributed by atoms with E-state index < -0.39 is 51.5 Å². The zero-order valence-electron chi connectivity index (χ0n) is 16.6. The molecule has 0 aliphatic carbocycles. The van der Waals surface area contributed by atoms with E-state index >= 15 is 0 Å². The van der Waals surface area contributed by atoms with E-state index in [9.17, 15) is 39.6 Å². The Bertz CT molecular complexity index is 1780. The smallest absolute Gasteiger partial charge is 0.337 e. The number of fused-ring (bicyclic) bond motifs is 2. The zero-order valence-corrected chi connectivity index (χ0v) is 19.0. The number of carboxylic acid groups (broad SMARTS) is 4. The quantitative estimate of drug-likeness (QED) is 0.161. The van der Waals surface area contributed by atoms with Gasteiger partial charge in [0.2, 0.25) is 0 Å². The molecule has 0 bridgehead atoms. The first-order valence-corrected chi connectivity index (χ1v) is 10.7. The van der Waals surface area contributed by atoms with Crippen molar-refractivity contribution in [1.82, 2.24) is 0 Å². The van der Waals surface area contributed by atoms with Gasteiger partial charge in [-0.05, 0) is 37.5 Å². The molecule has 5 rings (SSSR count). The summed E-state index contributed by atoms with van der Waals surface area (Å²) in [5, 5.41) is 41.8. The summed E-state index contributed by atoms with van der Waals surface area (Å²) in [5.74, 6) is -6.84. The van der Waals surface area contributed by atoms with Crippen LogP contribution in [-0.2, 0) is 0 Å². The molecular formula is C24H10BrClO8. The zero-order chi connectivity index (χ0) is 24.6. The summed E-state index contributed by atoms with van der Waals surface area (Å²) < 4.78 is -0.145. The Hall–Kier alpha value is -3.95. The molecule has 34 heavy (non-hydrogen) atoms. The molecule has 10 heteroatoms. The Morgan fingerprint density at radius 2 is 1.06 bits per heavy atom. The fourth-order valence-corrected chi connectivity index (χ4v) is 5.67. The maximum Gasteiger partial charge on any atom is 0.337 e. The molecule has 5 aromatic rings. The van der Waals surface area contributed by atoms with E-state index in [0.717, 1.165) is 0 Å². The van der Waals surface area contributed by atoms with Gasteiger partial charge < -0.3 is 20.4 Å². The average Bonchev–Trinajstić information content (AvgIpc) is 2.77. The normalized spacial score (nSPS) is 11.6. The van der Waals surface area contributed by atoms with E-state index in [1.807, 2.05) is 0 Å². The number of carbonyl (C=O) groups is 4. The average molecular weight is 542 g/mol. The SMILES string of the molecule is O=C(O)c1c(C(=O)O)c2c(C(=O)O)c(Br)c(Cl)c3c4cccc5cccc(c(c1C(=O)O)c23)c54. The van der Waals surface area contributed by atoms with E-state index in [-0.39, 0.29) is 25.7 Å². The predicted octanol–water partition coefficient (Wildman–Crippen LogP) is 5.95.